The van der Waals surface area contributed by atoms with Gasteiger partial charge in [0.2, 0.25) is 0 Å². The number of ketones is 1. The summed E-state index contributed by atoms with van der Waals surface area (Å²) in [5.41, 5.74) is 10.4. The van der Waals surface area contributed by atoms with Gasteiger partial charge in [-0.2, -0.15) is 0 Å². The van der Waals surface area contributed by atoms with Crippen LogP contribution in [0.1, 0.15) is 24.0 Å². The first-order valence-electron chi connectivity index (χ1n) is 9.33. The third-order valence-corrected chi connectivity index (χ3v) is 5.30. The van der Waals surface area contributed by atoms with Gasteiger partial charge >= 0.3 is 0 Å². The standard InChI is InChI=1S/C25H22NO/c1-17(21-13-12-20-7-3-5-9-23(20)16-21)25(27)24(26)15-18-10-11-19-6-2-4-8-22(19)14-18/h2-14,16-17,24,26H,15H2,1H3/t17-,24+/m1/s1. The third-order valence-electron chi connectivity index (χ3n) is 5.30. The van der Waals surface area contributed by atoms with E-state index in [9.17, 15) is 4.79 Å². The number of hydrogen-bond donors (Lipinski definition) is 0. The molecule has 0 amide bonds. The molecule has 1 radical (unpaired) electrons. The van der Waals surface area contributed by atoms with Crippen LogP contribution >= 0.6 is 0 Å². The minimum absolute atomic E-state index is 0.0292. The first-order valence-corrected chi connectivity index (χ1v) is 9.33. The molecular weight excluding hydrogens is 330 g/mol. The topological polar surface area (TPSA) is 40.9 Å². The summed E-state index contributed by atoms with van der Waals surface area (Å²) in [5.74, 6) is -0.309. The average molecular weight is 352 g/mol. The van der Waals surface area contributed by atoms with Crippen LogP contribution in [0.3, 0.4) is 0 Å². The molecule has 0 unspecified atom stereocenters. The van der Waals surface area contributed by atoms with Crippen LogP contribution in [-0.2, 0) is 11.2 Å². The second-order valence-corrected chi connectivity index (χ2v) is 7.17. The van der Waals surface area contributed by atoms with E-state index in [0.717, 1.165) is 21.9 Å². The first-order chi connectivity index (χ1) is 13.1. The van der Waals surface area contributed by atoms with Gasteiger partial charge in [-0.3, -0.25) is 4.79 Å². The number of benzene rings is 4. The Balaban J connectivity index is 1.52. The number of carbonyl (C=O) groups excluding carboxylic acids is 1. The maximum absolute atomic E-state index is 12.9. The molecule has 2 heteroatoms. The van der Waals surface area contributed by atoms with Crippen LogP contribution in [0, 0.1) is 0 Å². The van der Waals surface area contributed by atoms with E-state index >= 15 is 0 Å². The van der Waals surface area contributed by atoms with Crippen LogP contribution in [0.4, 0.5) is 0 Å². The van der Waals surface area contributed by atoms with Gasteiger partial charge in [-0.05, 0) is 39.1 Å². The minimum atomic E-state index is -0.757. The van der Waals surface area contributed by atoms with E-state index in [1.807, 2.05) is 43.3 Å². The molecule has 0 spiro atoms. The molecule has 4 aromatic rings. The first kappa shape index (κ1) is 17.4. The Labute approximate surface area is 159 Å². The fraction of sp³-hybridized carbons (Fsp3) is 0.160. The van der Waals surface area contributed by atoms with E-state index in [4.69, 9.17) is 5.73 Å². The molecule has 133 valence electrons. The Hall–Kier alpha value is -2.97. The summed E-state index contributed by atoms with van der Waals surface area (Å²) in [6.07, 6.45) is 0.446. The highest BCUT2D eigenvalue weighted by molar-refractivity contribution is 5.92. The van der Waals surface area contributed by atoms with Crippen molar-refractivity contribution >= 4 is 27.3 Å². The van der Waals surface area contributed by atoms with E-state index in [-0.39, 0.29) is 11.7 Å². The summed E-state index contributed by atoms with van der Waals surface area (Å²) in [5, 5.41) is 4.63. The molecule has 0 aliphatic rings. The van der Waals surface area contributed by atoms with Crippen LogP contribution < -0.4 is 5.73 Å². The monoisotopic (exact) mass is 352 g/mol. The second-order valence-electron chi connectivity index (χ2n) is 7.17. The Morgan fingerprint density at radius 3 is 2.00 bits per heavy atom. The minimum Gasteiger partial charge on any atom is -0.297 e. The van der Waals surface area contributed by atoms with Crippen molar-refractivity contribution in [3.63, 3.8) is 0 Å². The van der Waals surface area contributed by atoms with Crippen molar-refractivity contribution in [1.29, 1.82) is 0 Å². The molecule has 0 aromatic heterocycles. The van der Waals surface area contributed by atoms with E-state index in [2.05, 4.69) is 48.5 Å². The molecule has 4 rings (SSSR count). The van der Waals surface area contributed by atoms with Crippen molar-refractivity contribution < 1.29 is 4.79 Å². The summed E-state index contributed by atoms with van der Waals surface area (Å²) in [6, 6.07) is 27.9. The second kappa shape index (κ2) is 7.34. The number of nitrogens with one attached hydrogen (secondary N) is 1. The number of fused-ring (bicyclic) bond motifs is 2. The Kier molecular flexibility index (Phi) is 4.74. The molecule has 2 nitrogen and oxygen atoms in total. The van der Waals surface area contributed by atoms with Crippen LogP contribution in [0.5, 0.6) is 0 Å². The number of rotatable bonds is 5. The van der Waals surface area contributed by atoms with Crippen molar-refractivity contribution in [2.75, 3.05) is 0 Å². The highest BCUT2D eigenvalue weighted by Gasteiger charge is 2.23. The zero-order chi connectivity index (χ0) is 18.8. The maximum Gasteiger partial charge on any atom is 0.158 e. The van der Waals surface area contributed by atoms with Gasteiger partial charge in [0.15, 0.2) is 5.78 Å². The number of hydrogen-bond acceptors (Lipinski definition) is 1. The van der Waals surface area contributed by atoms with Gasteiger partial charge in [-0.1, -0.05) is 91.9 Å². The normalized spacial score (nSPS) is 13.6. The quantitative estimate of drug-likeness (QED) is 0.463. The Morgan fingerprint density at radius 2 is 1.33 bits per heavy atom. The molecule has 1 N–H and O–H groups in total. The summed E-state index contributed by atoms with van der Waals surface area (Å²) >= 11 is 0. The van der Waals surface area contributed by atoms with Crippen molar-refractivity contribution in [3.05, 3.63) is 96.1 Å². The lowest BCUT2D eigenvalue weighted by molar-refractivity contribution is -0.121. The molecule has 0 heterocycles. The average Bonchev–Trinajstić information content (AvgIpc) is 2.72. The van der Waals surface area contributed by atoms with E-state index in [1.165, 1.54) is 10.8 Å². The van der Waals surface area contributed by atoms with Crippen LogP contribution in [0.2, 0.25) is 0 Å². The zero-order valence-corrected chi connectivity index (χ0v) is 15.4. The summed E-state index contributed by atoms with van der Waals surface area (Å²) < 4.78 is 0. The third kappa shape index (κ3) is 3.62. The van der Waals surface area contributed by atoms with Gasteiger partial charge in [0.1, 0.15) is 0 Å². The fourth-order valence-electron chi connectivity index (χ4n) is 3.65. The number of carbonyl (C=O) groups is 1. The van der Waals surface area contributed by atoms with Gasteiger partial charge in [-0.15, -0.1) is 0 Å². The molecule has 0 aliphatic carbocycles. The molecular formula is C25H22NO. The molecule has 0 fully saturated rings. The SMILES string of the molecule is C[C@@H](C(=O)[C@@H]([NH])Cc1ccc2ccccc2c1)c1ccc2ccccc2c1. The van der Waals surface area contributed by atoms with Gasteiger partial charge in [-0.25, -0.2) is 5.73 Å². The van der Waals surface area contributed by atoms with Crippen LogP contribution in [0.15, 0.2) is 84.9 Å². The van der Waals surface area contributed by atoms with E-state index in [0.29, 0.717) is 6.42 Å². The van der Waals surface area contributed by atoms with Gasteiger partial charge in [0.25, 0.3) is 0 Å². The molecule has 0 saturated carbocycles. The lowest BCUT2D eigenvalue weighted by Gasteiger charge is -2.17. The smallest absolute Gasteiger partial charge is 0.158 e. The predicted octanol–water partition coefficient (Wildman–Crippen LogP) is 5.56. The molecule has 0 bridgehead atoms. The number of Topliss-reactive ketones (excluding diaryl/α,β-unsaturated/α-hetero) is 1. The van der Waals surface area contributed by atoms with E-state index < -0.39 is 6.04 Å². The lowest BCUT2D eigenvalue weighted by Crippen LogP contribution is -2.29. The molecule has 27 heavy (non-hydrogen) atoms. The molecule has 2 atom stereocenters. The predicted molar refractivity (Wildman–Crippen MR) is 112 cm³/mol. The van der Waals surface area contributed by atoms with Gasteiger partial charge in [0.05, 0.1) is 6.04 Å². The van der Waals surface area contributed by atoms with Gasteiger partial charge < -0.3 is 0 Å². The summed E-state index contributed by atoms with van der Waals surface area (Å²) in [6.45, 7) is 1.91. The van der Waals surface area contributed by atoms with Crippen molar-refractivity contribution in [3.8, 4) is 0 Å². The van der Waals surface area contributed by atoms with Crippen LogP contribution in [0.25, 0.3) is 21.5 Å². The Morgan fingerprint density at radius 1 is 0.778 bits per heavy atom. The van der Waals surface area contributed by atoms with Crippen molar-refractivity contribution in [2.45, 2.75) is 25.3 Å². The highest BCUT2D eigenvalue weighted by atomic mass is 16.1. The van der Waals surface area contributed by atoms with Crippen molar-refractivity contribution in [1.82, 2.24) is 5.73 Å². The fourth-order valence-corrected chi connectivity index (χ4v) is 3.65. The zero-order valence-electron chi connectivity index (χ0n) is 15.4. The molecule has 0 aliphatic heterocycles. The molecule has 0 saturated heterocycles. The van der Waals surface area contributed by atoms with E-state index in [1.54, 1.807) is 0 Å². The van der Waals surface area contributed by atoms with Gasteiger partial charge in [0, 0.05) is 5.92 Å². The van der Waals surface area contributed by atoms with Crippen LogP contribution in [-0.4, -0.2) is 11.8 Å². The molecule has 4 aromatic carbocycles. The maximum atomic E-state index is 12.9. The summed E-state index contributed by atoms with van der Waals surface area (Å²) in [4.78, 5) is 12.9. The lowest BCUT2D eigenvalue weighted by atomic mass is 9.89. The largest absolute Gasteiger partial charge is 0.297 e. The highest BCUT2D eigenvalue weighted by Crippen LogP contribution is 2.24. The van der Waals surface area contributed by atoms with Crippen molar-refractivity contribution in [2.24, 2.45) is 0 Å². The Bertz CT molecular complexity index is 1120. The summed E-state index contributed by atoms with van der Waals surface area (Å²) in [7, 11) is 0.